The van der Waals surface area contributed by atoms with Crippen LogP contribution < -0.4 is 10.6 Å². The number of para-hydroxylation sites is 1. The van der Waals surface area contributed by atoms with Gasteiger partial charge < -0.3 is 15.5 Å². The van der Waals surface area contributed by atoms with Crippen LogP contribution in [0, 0.1) is 6.92 Å². The predicted molar refractivity (Wildman–Crippen MR) is 125 cm³/mol. The molecule has 2 N–H and O–H groups in total. The molecule has 8 heteroatoms. The molecule has 0 radical (unpaired) electrons. The molecule has 0 fully saturated rings. The second kappa shape index (κ2) is 9.68. The highest BCUT2D eigenvalue weighted by Crippen LogP contribution is 2.17. The molecular weight excluding hydrogens is 418 g/mol. The summed E-state index contributed by atoms with van der Waals surface area (Å²) < 4.78 is 1.59. The van der Waals surface area contributed by atoms with Gasteiger partial charge in [-0.15, -0.1) is 0 Å². The lowest BCUT2D eigenvalue weighted by atomic mass is 10.1. The van der Waals surface area contributed by atoms with Crippen molar-refractivity contribution in [3.8, 4) is 0 Å². The van der Waals surface area contributed by atoms with Crippen molar-refractivity contribution in [1.29, 1.82) is 0 Å². The van der Waals surface area contributed by atoms with E-state index in [1.807, 2.05) is 43.3 Å². The Morgan fingerprint density at radius 3 is 2.61 bits per heavy atom. The quantitative estimate of drug-likeness (QED) is 0.610. The van der Waals surface area contributed by atoms with E-state index in [-0.39, 0.29) is 17.5 Å². The van der Waals surface area contributed by atoms with Crippen LogP contribution >= 0.6 is 0 Å². The number of rotatable bonds is 6. The summed E-state index contributed by atoms with van der Waals surface area (Å²) in [4.78, 5) is 40.1. The SMILES string of the molecule is Cc1cccc(CN2CCCn3nc(C(=O)NC(C)C(=O)Nc4ccccc4)cc3C2=O)c1. The van der Waals surface area contributed by atoms with Crippen LogP contribution in [-0.4, -0.2) is 45.0 Å². The number of carbonyl (C=O) groups excluding carboxylic acids is 3. The topological polar surface area (TPSA) is 96.3 Å². The van der Waals surface area contributed by atoms with Crippen molar-refractivity contribution in [3.05, 3.63) is 83.2 Å². The van der Waals surface area contributed by atoms with Gasteiger partial charge in [-0.3, -0.25) is 19.1 Å². The second-order valence-electron chi connectivity index (χ2n) is 8.26. The smallest absolute Gasteiger partial charge is 0.272 e. The van der Waals surface area contributed by atoms with Crippen LogP contribution in [0.5, 0.6) is 0 Å². The van der Waals surface area contributed by atoms with Crippen molar-refractivity contribution in [2.75, 3.05) is 11.9 Å². The maximum absolute atomic E-state index is 13.2. The van der Waals surface area contributed by atoms with E-state index < -0.39 is 11.9 Å². The average Bonchev–Trinajstić information content (AvgIpc) is 3.17. The fraction of sp³-hybridized carbons (Fsp3) is 0.280. The van der Waals surface area contributed by atoms with E-state index in [1.165, 1.54) is 6.07 Å². The number of nitrogens with one attached hydrogen (secondary N) is 2. The number of benzene rings is 2. The number of aryl methyl sites for hydroxylation is 2. The van der Waals surface area contributed by atoms with Crippen molar-refractivity contribution in [3.63, 3.8) is 0 Å². The molecule has 0 saturated carbocycles. The average molecular weight is 446 g/mol. The van der Waals surface area contributed by atoms with Gasteiger partial charge in [-0.1, -0.05) is 48.0 Å². The lowest BCUT2D eigenvalue weighted by Gasteiger charge is -2.20. The van der Waals surface area contributed by atoms with E-state index >= 15 is 0 Å². The van der Waals surface area contributed by atoms with E-state index in [9.17, 15) is 14.4 Å². The molecule has 3 amide bonds. The molecule has 0 spiro atoms. The molecule has 2 aromatic carbocycles. The molecule has 1 atom stereocenters. The van der Waals surface area contributed by atoms with Crippen LogP contribution in [-0.2, 0) is 17.9 Å². The number of hydrogen-bond acceptors (Lipinski definition) is 4. The molecule has 3 aromatic rings. The zero-order chi connectivity index (χ0) is 23.4. The van der Waals surface area contributed by atoms with Gasteiger partial charge in [0.2, 0.25) is 5.91 Å². The zero-order valence-electron chi connectivity index (χ0n) is 18.7. The maximum atomic E-state index is 13.2. The first kappa shape index (κ1) is 22.3. The third-order valence-corrected chi connectivity index (χ3v) is 5.56. The molecule has 0 aliphatic carbocycles. The summed E-state index contributed by atoms with van der Waals surface area (Å²) in [6.07, 6.45) is 0.739. The normalized spacial score (nSPS) is 14.2. The minimum Gasteiger partial charge on any atom is -0.339 e. The van der Waals surface area contributed by atoms with Crippen LogP contribution in [0.15, 0.2) is 60.7 Å². The monoisotopic (exact) mass is 445 g/mol. The molecule has 33 heavy (non-hydrogen) atoms. The number of fused-ring (bicyclic) bond motifs is 1. The Balaban J connectivity index is 1.43. The number of nitrogens with zero attached hydrogens (tertiary/aromatic N) is 3. The molecule has 0 saturated heterocycles. The van der Waals surface area contributed by atoms with Crippen LogP contribution in [0.1, 0.15) is 45.4 Å². The Morgan fingerprint density at radius 1 is 1.06 bits per heavy atom. The van der Waals surface area contributed by atoms with Crippen LogP contribution in [0.25, 0.3) is 0 Å². The first-order chi connectivity index (χ1) is 15.9. The number of aromatic nitrogens is 2. The molecule has 1 unspecified atom stereocenters. The summed E-state index contributed by atoms with van der Waals surface area (Å²) in [6.45, 7) is 5.29. The molecule has 8 nitrogen and oxygen atoms in total. The van der Waals surface area contributed by atoms with Gasteiger partial charge in [-0.05, 0) is 38.0 Å². The number of hydrogen-bond donors (Lipinski definition) is 2. The molecule has 4 rings (SSSR count). The minimum absolute atomic E-state index is 0.120. The van der Waals surface area contributed by atoms with Crippen molar-refractivity contribution in [1.82, 2.24) is 20.0 Å². The summed E-state index contributed by atoms with van der Waals surface area (Å²) in [5.41, 5.74) is 3.36. The Hall–Kier alpha value is -3.94. The third-order valence-electron chi connectivity index (χ3n) is 5.56. The van der Waals surface area contributed by atoms with Gasteiger partial charge in [0.15, 0.2) is 5.69 Å². The van der Waals surface area contributed by atoms with E-state index in [2.05, 4.69) is 21.8 Å². The summed E-state index contributed by atoms with van der Waals surface area (Å²) in [7, 11) is 0. The largest absolute Gasteiger partial charge is 0.339 e. The van der Waals surface area contributed by atoms with Gasteiger partial charge in [-0.2, -0.15) is 5.10 Å². The van der Waals surface area contributed by atoms with Gasteiger partial charge >= 0.3 is 0 Å². The Kier molecular flexibility index (Phi) is 6.53. The van der Waals surface area contributed by atoms with E-state index in [0.717, 1.165) is 17.5 Å². The van der Waals surface area contributed by atoms with E-state index in [4.69, 9.17) is 0 Å². The lowest BCUT2D eigenvalue weighted by molar-refractivity contribution is -0.117. The highest BCUT2D eigenvalue weighted by molar-refractivity contribution is 6.01. The second-order valence-corrected chi connectivity index (χ2v) is 8.26. The van der Waals surface area contributed by atoms with Crippen LogP contribution in [0.3, 0.4) is 0 Å². The van der Waals surface area contributed by atoms with Crippen molar-refractivity contribution >= 4 is 23.4 Å². The first-order valence-electron chi connectivity index (χ1n) is 11.0. The Bertz CT molecular complexity index is 1170. The molecule has 1 aromatic heterocycles. The standard InChI is InChI=1S/C25H27N5O3/c1-17-8-6-9-19(14-17)16-29-12-7-13-30-22(25(29)33)15-21(28-30)24(32)26-18(2)23(31)27-20-10-4-3-5-11-20/h3-6,8-11,14-15,18H,7,12-13,16H2,1-2H3,(H,26,32)(H,27,31). The van der Waals surface area contributed by atoms with Crippen molar-refractivity contribution in [2.24, 2.45) is 0 Å². The molecule has 170 valence electrons. The van der Waals surface area contributed by atoms with Gasteiger partial charge in [0, 0.05) is 31.4 Å². The number of anilines is 1. The predicted octanol–water partition coefficient (Wildman–Crippen LogP) is 2.99. The number of carbonyl (C=O) groups is 3. The maximum Gasteiger partial charge on any atom is 0.272 e. The summed E-state index contributed by atoms with van der Waals surface area (Å²) >= 11 is 0. The molecule has 2 heterocycles. The van der Waals surface area contributed by atoms with E-state index in [1.54, 1.807) is 28.6 Å². The summed E-state index contributed by atoms with van der Waals surface area (Å²) in [6, 6.07) is 17.8. The van der Waals surface area contributed by atoms with Gasteiger partial charge in [0.1, 0.15) is 11.7 Å². The van der Waals surface area contributed by atoms with Crippen LogP contribution in [0.2, 0.25) is 0 Å². The molecule has 1 aliphatic heterocycles. The Labute approximate surface area is 192 Å². The van der Waals surface area contributed by atoms with Gasteiger partial charge in [0.25, 0.3) is 11.8 Å². The van der Waals surface area contributed by atoms with Crippen molar-refractivity contribution < 1.29 is 14.4 Å². The summed E-state index contributed by atoms with van der Waals surface area (Å²) in [5, 5.41) is 9.76. The lowest BCUT2D eigenvalue weighted by Crippen LogP contribution is -2.41. The van der Waals surface area contributed by atoms with Gasteiger partial charge in [0.05, 0.1) is 0 Å². The third kappa shape index (κ3) is 5.28. The fourth-order valence-electron chi connectivity index (χ4n) is 3.84. The summed E-state index contributed by atoms with van der Waals surface area (Å²) in [5.74, 6) is -0.990. The van der Waals surface area contributed by atoms with Gasteiger partial charge in [-0.25, -0.2) is 0 Å². The fourth-order valence-corrected chi connectivity index (χ4v) is 3.84. The molecular formula is C25H27N5O3. The highest BCUT2D eigenvalue weighted by atomic mass is 16.2. The van der Waals surface area contributed by atoms with E-state index in [0.29, 0.717) is 31.0 Å². The molecule has 0 bridgehead atoms. The van der Waals surface area contributed by atoms with Crippen molar-refractivity contribution in [2.45, 2.75) is 39.4 Å². The first-order valence-corrected chi connectivity index (χ1v) is 11.0. The molecule has 1 aliphatic rings. The Morgan fingerprint density at radius 2 is 1.85 bits per heavy atom. The number of amides is 3. The zero-order valence-corrected chi connectivity index (χ0v) is 18.7. The van der Waals surface area contributed by atoms with Crippen LogP contribution in [0.4, 0.5) is 5.69 Å². The minimum atomic E-state index is -0.771. The highest BCUT2D eigenvalue weighted by Gasteiger charge is 2.27.